The fourth-order valence-electron chi connectivity index (χ4n) is 3.15. The predicted molar refractivity (Wildman–Crippen MR) is 116 cm³/mol. The number of anilines is 3. The lowest BCUT2D eigenvalue weighted by molar-refractivity contribution is 0.195. The zero-order valence-electron chi connectivity index (χ0n) is 16.0. The highest BCUT2D eigenvalue weighted by molar-refractivity contribution is 7.73. The minimum atomic E-state index is 0.707. The molecule has 28 heavy (non-hydrogen) atoms. The van der Waals surface area contributed by atoms with Crippen molar-refractivity contribution in [2.45, 2.75) is 20.5 Å². The van der Waals surface area contributed by atoms with Crippen molar-refractivity contribution in [2.75, 3.05) is 36.4 Å². The van der Waals surface area contributed by atoms with Crippen molar-refractivity contribution in [3.05, 3.63) is 51.9 Å². The van der Waals surface area contributed by atoms with E-state index < -0.39 is 0 Å². The summed E-state index contributed by atoms with van der Waals surface area (Å²) in [7, 11) is 0. The van der Waals surface area contributed by atoms with E-state index in [1.807, 2.05) is 10.9 Å². The van der Waals surface area contributed by atoms with Crippen LogP contribution in [0.5, 0.6) is 0 Å². The third kappa shape index (κ3) is 4.37. The molecule has 3 aromatic rings. The van der Waals surface area contributed by atoms with Gasteiger partial charge in [0, 0.05) is 44.3 Å². The van der Waals surface area contributed by atoms with Gasteiger partial charge in [-0.25, -0.2) is 9.67 Å². The van der Waals surface area contributed by atoms with Crippen molar-refractivity contribution in [1.29, 1.82) is 0 Å². The Balaban J connectivity index is 1.37. The molecule has 1 fully saturated rings. The number of benzene rings is 1. The minimum absolute atomic E-state index is 0.707. The molecule has 1 aromatic carbocycles. The molecular weight excluding hydrogens is 390 g/mol. The molecule has 0 unspecified atom stereocenters. The van der Waals surface area contributed by atoms with Gasteiger partial charge in [-0.2, -0.15) is 0 Å². The summed E-state index contributed by atoms with van der Waals surface area (Å²) in [6.45, 7) is 8.65. The molecule has 1 N–H and O–H groups in total. The molecule has 7 nitrogen and oxygen atoms in total. The second-order valence-electron chi connectivity index (χ2n) is 6.91. The Morgan fingerprint density at radius 2 is 1.93 bits per heavy atom. The van der Waals surface area contributed by atoms with Crippen molar-refractivity contribution in [2.24, 2.45) is 0 Å². The molecule has 0 atom stereocenters. The minimum Gasteiger partial charge on any atom is -0.353 e. The fraction of sp³-hybridized carbons (Fsp3) is 0.368. The fourth-order valence-corrected chi connectivity index (χ4v) is 4.16. The molecule has 0 amide bonds. The highest BCUT2D eigenvalue weighted by atomic mass is 32.1. The van der Waals surface area contributed by atoms with Gasteiger partial charge in [-0.15, -0.1) is 5.10 Å². The van der Waals surface area contributed by atoms with Gasteiger partial charge in [-0.1, -0.05) is 17.4 Å². The Morgan fingerprint density at radius 3 is 2.64 bits per heavy atom. The summed E-state index contributed by atoms with van der Waals surface area (Å²) in [6.07, 6.45) is 5.25. The van der Waals surface area contributed by atoms with E-state index in [0.717, 1.165) is 46.8 Å². The second-order valence-corrected chi connectivity index (χ2v) is 8.53. The van der Waals surface area contributed by atoms with E-state index >= 15 is 0 Å². The van der Waals surface area contributed by atoms with Gasteiger partial charge in [0.1, 0.15) is 5.82 Å². The maximum atomic E-state index is 5.53. The van der Waals surface area contributed by atoms with Crippen LogP contribution in [-0.4, -0.2) is 50.8 Å². The first kappa shape index (κ1) is 19.0. The van der Waals surface area contributed by atoms with Gasteiger partial charge in [0.25, 0.3) is 0 Å². The van der Waals surface area contributed by atoms with Crippen molar-refractivity contribution in [1.82, 2.24) is 24.6 Å². The van der Waals surface area contributed by atoms with Crippen molar-refractivity contribution in [3.8, 4) is 0 Å². The van der Waals surface area contributed by atoms with Crippen LogP contribution in [0.3, 0.4) is 0 Å². The van der Waals surface area contributed by atoms with E-state index in [4.69, 9.17) is 12.2 Å². The van der Waals surface area contributed by atoms with Gasteiger partial charge >= 0.3 is 0 Å². The Hall–Kier alpha value is -2.36. The van der Waals surface area contributed by atoms with Gasteiger partial charge in [0.05, 0.1) is 12.9 Å². The van der Waals surface area contributed by atoms with E-state index in [1.54, 1.807) is 12.4 Å². The standard InChI is InChI=1S/C19H23N7S2/c1-14-3-4-16(11-15(14)2)22-18-23-26(19(27)28-18)13-24-7-9-25(10-8-24)17-12-20-5-6-21-17/h3-6,11-12H,7-10,13H2,1-2H3,(H,22,23). The van der Waals surface area contributed by atoms with E-state index in [1.165, 1.54) is 22.5 Å². The molecule has 4 rings (SSSR count). The summed E-state index contributed by atoms with van der Waals surface area (Å²) in [6, 6.07) is 6.32. The average Bonchev–Trinajstić information content (AvgIpc) is 3.05. The number of hydrogen-bond donors (Lipinski definition) is 1. The average molecular weight is 414 g/mol. The molecule has 0 radical (unpaired) electrons. The van der Waals surface area contributed by atoms with E-state index in [0.29, 0.717) is 6.67 Å². The summed E-state index contributed by atoms with van der Waals surface area (Å²) in [5.74, 6) is 0.937. The van der Waals surface area contributed by atoms with Gasteiger partial charge in [0.15, 0.2) is 3.95 Å². The second kappa shape index (κ2) is 8.34. The van der Waals surface area contributed by atoms with Crippen LogP contribution in [0.15, 0.2) is 36.8 Å². The van der Waals surface area contributed by atoms with Crippen LogP contribution in [-0.2, 0) is 6.67 Å². The highest BCUT2D eigenvalue weighted by Gasteiger charge is 2.19. The number of nitrogens with one attached hydrogen (secondary N) is 1. The SMILES string of the molecule is Cc1ccc(Nc2nn(CN3CCN(c4cnccn4)CC3)c(=S)s2)cc1C. The Morgan fingerprint density at radius 1 is 1.11 bits per heavy atom. The Labute approximate surface area is 173 Å². The van der Waals surface area contributed by atoms with Crippen molar-refractivity contribution in [3.63, 3.8) is 0 Å². The molecule has 3 heterocycles. The third-order valence-corrected chi connectivity index (χ3v) is 6.17. The quantitative estimate of drug-likeness (QED) is 0.641. The number of aryl methyl sites for hydroxylation is 2. The summed E-state index contributed by atoms with van der Waals surface area (Å²) >= 11 is 7.03. The molecule has 1 aliphatic rings. The van der Waals surface area contributed by atoms with Gasteiger partial charge in [-0.05, 0) is 49.3 Å². The van der Waals surface area contributed by atoms with Crippen LogP contribution in [0, 0.1) is 17.8 Å². The third-order valence-electron chi connectivity index (χ3n) is 4.94. The van der Waals surface area contributed by atoms with Gasteiger partial charge in [0.2, 0.25) is 5.13 Å². The molecule has 0 saturated carbocycles. The molecule has 1 saturated heterocycles. The summed E-state index contributed by atoms with van der Waals surface area (Å²) in [5, 5.41) is 8.87. The monoisotopic (exact) mass is 413 g/mol. The van der Waals surface area contributed by atoms with Crippen molar-refractivity contribution >= 4 is 40.2 Å². The van der Waals surface area contributed by atoms with Crippen LogP contribution in [0.25, 0.3) is 0 Å². The first-order valence-electron chi connectivity index (χ1n) is 9.24. The number of nitrogens with zero attached hydrogens (tertiary/aromatic N) is 6. The lowest BCUT2D eigenvalue weighted by Gasteiger charge is -2.34. The molecular formula is C19H23N7S2. The first-order chi connectivity index (χ1) is 13.6. The number of aromatic nitrogens is 4. The van der Waals surface area contributed by atoms with E-state index in [2.05, 4.69) is 62.2 Å². The van der Waals surface area contributed by atoms with Crippen LogP contribution in [0.1, 0.15) is 11.1 Å². The van der Waals surface area contributed by atoms with Crippen LogP contribution >= 0.6 is 23.6 Å². The summed E-state index contributed by atoms with van der Waals surface area (Å²) in [5.41, 5.74) is 3.58. The van der Waals surface area contributed by atoms with Crippen LogP contribution in [0.2, 0.25) is 0 Å². The Bertz CT molecular complexity index is 991. The molecule has 1 aliphatic heterocycles. The first-order valence-corrected chi connectivity index (χ1v) is 10.5. The van der Waals surface area contributed by atoms with E-state index in [9.17, 15) is 0 Å². The molecule has 0 aliphatic carbocycles. The highest BCUT2D eigenvalue weighted by Crippen LogP contribution is 2.22. The molecule has 0 spiro atoms. The lowest BCUT2D eigenvalue weighted by atomic mass is 10.1. The molecule has 146 valence electrons. The molecule has 0 bridgehead atoms. The zero-order chi connectivity index (χ0) is 19.5. The Kier molecular flexibility index (Phi) is 5.65. The lowest BCUT2D eigenvalue weighted by Crippen LogP contribution is -2.47. The van der Waals surface area contributed by atoms with Gasteiger partial charge in [-0.3, -0.25) is 9.88 Å². The number of piperazine rings is 1. The maximum Gasteiger partial charge on any atom is 0.209 e. The maximum absolute atomic E-state index is 5.53. The van der Waals surface area contributed by atoms with Crippen LogP contribution in [0.4, 0.5) is 16.6 Å². The van der Waals surface area contributed by atoms with Gasteiger partial charge < -0.3 is 10.2 Å². The largest absolute Gasteiger partial charge is 0.353 e. The van der Waals surface area contributed by atoms with Crippen LogP contribution < -0.4 is 10.2 Å². The zero-order valence-corrected chi connectivity index (χ0v) is 17.6. The summed E-state index contributed by atoms with van der Waals surface area (Å²) < 4.78 is 2.68. The number of rotatable bonds is 5. The number of hydrogen-bond acceptors (Lipinski definition) is 8. The normalized spacial score (nSPS) is 15.0. The smallest absolute Gasteiger partial charge is 0.209 e. The molecule has 9 heteroatoms. The topological polar surface area (TPSA) is 62.1 Å². The van der Waals surface area contributed by atoms with E-state index in [-0.39, 0.29) is 0 Å². The molecule has 2 aromatic heterocycles. The predicted octanol–water partition coefficient (Wildman–Crippen LogP) is 3.60. The van der Waals surface area contributed by atoms with Crippen molar-refractivity contribution < 1.29 is 0 Å². The summed E-state index contributed by atoms with van der Waals surface area (Å²) in [4.78, 5) is 13.2.